The van der Waals surface area contributed by atoms with Crippen molar-refractivity contribution in [3.05, 3.63) is 68.9 Å². The summed E-state index contributed by atoms with van der Waals surface area (Å²) in [5.74, 6) is -0.536. The van der Waals surface area contributed by atoms with Crippen LogP contribution in [0.1, 0.15) is 50.3 Å². The lowest BCUT2D eigenvalue weighted by molar-refractivity contribution is -0.131. The molecular weight excluding hydrogens is 476 g/mol. The lowest BCUT2D eigenvalue weighted by Gasteiger charge is -2.31. The Morgan fingerprint density at radius 2 is 1.97 bits per heavy atom. The highest BCUT2D eigenvalue weighted by Crippen LogP contribution is 2.31. The number of aromatic nitrogens is 2. The first-order chi connectivity index (χ1) is 16.4. The number of nitrogens with zero attached hydrogens (tertiary/aromatic N) is 3. The summed E-state index contributed by atoms with van der Waals surface area (Å²) in [4.78, 5) is 43.5. The predicted octanol–water partition coefficient (Wildman–Crippen LogP) is 4.12. The maximum atomic E-state index is 12.7. The zero-order chi connectivity index (χ0) is 24.2. The molecule has 1 saturated heterocycles. The number of methoxy groups -OCH3 is 1. The van der Waals surface area contributed by atoms with Crippen LogP contribution in [0.3, 0.4) is 0 Å². The number of piperidine rings is 1. The van der Waals surface area contributed by atoms with Gasteiger partial charge in [0, 0.05) is 42.7 Å². The van der Waals surface area contributed by atoms with Gasteiger partial charge in [0.1, 0.15) is 11.4 Å². The van der Waals surface area contributed by atoms with Crippen molar-refractivity contribution in [2.45, 2.75) is 25.2 Å². The van der Waals surface area contributed by atoms with E-state index in [1.54, 1.807) is 35.3 Å². The van der Waals surface area contributed by atoms with Gasteiger partial charge in [-0.15, -0.1) is 11.3 Å². The summed E-state index contributed by atoms with van der Waals surface area (Å²) in [6, 6.07) is 8.96. The number of likely N-dealkylation sites (tertiary alicyclic amines) is 1. The van der Waals surface area contributed by atoms with Crippen LogP contribution >= 0.6 is 22.9 Å². The lowest BCUT2D eigenvalue weighted by atomic mass is 9.97. The van der Waals surface area contributed by atoms with Crippen molar-refractivity contribution in [3.63, 3.8) is 0 Å². The van der Waals surface area contributed by atoms with Gasteiger partial charge >= 0.3 is 5.97 Å². The van der Waals surface area contributed by atoms with Gasteiger partial charge in [-0.1, -0.05) is 29.8 Å². The number of amides is 2. The number of nitrogens with one attached hydrogen (secondary N) is 1. The number of carbonyl (C=O) groups excluding carboxylic acids is 3. The molecule has 1 aliphatic rings. The van der Waals surface area contributed by atoms with Crippen molar-refractivity contribution in [2.75, 3.05) is 25.5 Å². The highest BCUT2D eigenvalue weighted by molar-refractivity contribution is 7.10. The van der Waals surface area contributed by atoms with Gasteiger partial charge in [0.15, 0.2) is 0 Å². The van der Waals surface area contributed by atoms with Crippen molar-refractivity contribution in [3.8, 4) is 0 Å². The Hall–Kier alpha value is -3.17. The monoisotopic (exact) mass is 500 g/mol. The molecule has 4 rings (SSSR count). The minimum Gasteiger partial charge on any atom is -0.464 e. The average Bonchev–Trinajstić information content (AvgIpc) is 3.47. The molecule has 0 radical (unpaired) electrons. The van der Waals surface area contributed by atoms with E-state index in [2.05, 4.69) is 10.3 Å². The SMILES string of the molecule is COC(=O)c1cc(NC(=O)c2csc(C3CCN(C(=O)Cc4ccccc4Cl)CC3)n2)cn1C. The molecule has 2 aromatic heterocycles. The van der Waals surface area contributed by atoms with Crippen molar-refractivity contribution in [2.24, 2.45) is 7.05 Å². The van der Waals surface area contributed by atoms with Gasteiger partial charge in [-0.2, -0.15) is 0 Å². The molecule has 0 saturated carbocycles. The number of rotatable bonds is 6. The first-order valence-corrected chi connectivity index (χ1v) is 12.1. The van der Waals surface area contributed by atoms with Gasteiger partial charge in [0.25, 0.3) is 5.91 Å². The number of hydrogen-bond acceptors (Lipinski definition) is 6. The smallest absolute Gasteiger partial charge is 0.354 e. The van der Waals surface area contributed by atoms with Gasteiger partial charge in [0.2, 0.25) is 5.91 Å². The van der Waals surface area contributed by atoms with E-state index in [0.717, 1.165) is 23.4 Å². The van der Waals surface area contributed by atoms with Gasteiger partial charge in [-0.3, -0.25) is 9.59 Å². The molecule has 1 aromatic carbocycles. The molecule has 1 N–H and O–H groups in total. The summed E-state index contributed by atoms with van der Waals surface area (Å²) in [7, 11) is 3.01. The van der Waals surface area contributed by atoms with Crippen LogP contribution in [0.15, 0.2) is 41.9 Å². The number of anilines is 1. The molecule has 0 unspecified atom stereocenters. The number of aryl methyl sites for hydroxylation is 1. The van der Waals surface area contributed by atoms with E-state index in [0.29, 0.717) is 41.6 Å². The second-order valence-corrected chi connectivity index (χ2v) is 9.46. The second kappa shape index (κ2) is 10.4. The van der Waals surface area contributed by atoms with E-state index in [4.69, 9.17) is 16.3 Å². The Morgan fingerprint density at radius 1 is 1.24 bits per heavy atom. The highest BCUT2D eigenvalue weighted by Gasteiger charge is 2.27. The molecule has 8 nitrogen and oxygen atoms in total. The molecule has 0 atom stereocenters. The summed E-state index contributed by atoms with van der Waals surface area (Å²) in [5.41, 5.74) is 2.00. The molecule has 34 heavy (non-hydrogen) atoms. The maximum absolute atomic E-state index is 12.7. The van der Waals surface area contributed by atoms with Crippen molar-refractivity contribution >= 4 is 46.4 Å². The van der Waals surface area contributed by atoms with Crippen LogP contribution in [0.4, 0.5) is 5.69 Å². The summed E-state index contributed by atoms with van der Waals surface area (Å²) >= 11 is 7.64. The molecule has 0 aliphatic carbocycles. The van der Waals surface area contributed by atoms with E-state index in [1.807, 2.05) is 23.1 Å². The van der Waals surface area contributed by atoms with E-state index >= 15 is 0 Å². The Morgan fingerprint density at radius 3 is 2.68 bits per heavy atom. The molecule has 1 fully saturated rings. The summed E-state index contributed by atoms with van der Waals surface area (Å²) in [6.45, 7) is 1.30. The van der Waals surface area contributed by atoms with E-state index in [-0.39, 0.29) is 17.7 Å². The Balaban J connectivity index is 1.32. The number of hydrogen-bond donors (Lipinski definition) is 1. The first kappa shape index (κ1) is 24.0. The maximum Gasteiger partial charge on any atom is 0.354 e. The Labute approximate surface area is 206 Å². The molecule has 2 amide bonds. The summed E-state index contributed by atoms with van der Waals surface area (Å²) in [5, 5.41) is 6.02. The van der Waals surface area contributed by atoms with Crippen LogP contribution in [0.5, 0.6) is 0 Å². The molecule has 3 heterocycles. The zero-order valence-corrected chi connectivity index (χ0v) is 20.5. The molecule has 178 valence electrons. The normalized spacial score (nSPS) is 14.1. The number of carbonyl (C=O) groups is 3. The third-order valence-electron chi connectivity index (χ3n) is 5.91. The van der Waals surface area contributed by atoms with Gasteiger partial charge in [0.05, 0.1) is 24.2 Å². The number of thiazole rings is 1. The highest BCUT2D eigenvalue weighted by atomic mass is 35.5. The number of halogens is 1. The Kier molecular flexibility index (Phi) is 7.33. The Bertz CT molecular complexity index is 1210. The lowest BCUT2D eigenvalue weighted by Crippen LogP contribution is -2.38. The zero-order valence-electron chi connectivity index (χ0n) is 18.9. The fourth-order valence-corrected chi connectivity index (χ4v) is 5.18. The molecule has 0 bridgehead atoms. The topological polar surface area (TPSA) is 93.5 Å². The van der Waals surface area contributed by atoms with Gasteiger partial charge in [-0.25, -0.2) is 9.78 Å². The van der Waals surface area contributed by atoms with Crippen molar-refractivity contribution in [1.82, 2.24) is 14.5 Å². The molecule has 1 aliphatic heterocycles. The standard InChI is InChI=1S/C24H25ClN4O4S/c1-28-13-17(12-20(28)24(32)33-2)26-22(31)19-14-34-23(27-19)15-7-9-29(10-8-15)21(30)11-16-5-3-4-6-18(16)25/h3-6,12-15H,7-11H2,1-2H3,(H,26,31). The van der Waals surface area contributed by atoms with E-state index in [9.17, 15) is 14.4 Å². The van der Waals surface area contributed by atoms with Crippen LogP contribution < -0.4 is 5.32 Å². The minimum atomic E-state index is -0.476. The quantitative estimate of drug-likeness (QED) is 0.514. The van der Waals surface area contributed by atoms with Crippen LogP contribution in [0.2, 0.25) is 5.02 Å². The second-order valence-electron chi connectivity index (χ2n) is 8.16. The summed E-state index contributed by atoms with van der Waals surface area (Å²) < 4.78 is 6.33. The van der Waals surface area contributed by atoms with Crippen LogP contribution in [0.25, 0.3) is 0 Å². The summed E-state index contributed by atoms with van der Waals surface area (Å²) in [6.07, 6.45) is 3.53. The predicted molar refractivity (Wildman–Crippen MR) is 131 cm³/mol. The first-order valence-electron chi connectivity index (χ1n) is 10.9. The van der Waals surface area contributed by atoms with Crippen LogP contribution in [-0.2, 0) is 23.0 Å². The third-order valence-corrected chi connectivity index (χ3v) is 7.28. The fraction of sp³-hybridized carbons (Fsp3) is 0.333. The number of ether oxygens (including phenoxy) is 1. The number of esters is 1. The number of benzene rings is 1. The molecular formula is C24H25ClN4O4S. The molecule has 0 spiro atoms. The van der Waals surface area contributed by atoms with Crippen LogP contribution in [0, 0.1) is 0 Å². The average molecular weight is 501 g/mol. The van der Waals surface area contributed by atoms with Crippen molar-refractivity contribution < 1.29 is 19.1 Å². The largest absolute Gasteiger partial charge is 0.464 e. The van der Waals surface area contributed by atoms with Crippen molar-refractivity contribution in [1.29, 1.82) is 0 Å². The van der Waals surface area contributed by atoms with Crippen LogP contribution in [-0.4, -0.2) is 52.4 Å². The molecule has 10 heteroatoms. The fourth-order valence-electron chi connectivity index (χ4n) is 4.01. The van der Waals surface area contributed by atoms with E-state index in [1.165, 1.54) is 18.4 Å². The third kappa shape index (κ3) is 5.31. The minimum absolute atomic E-state index is 0.0694. The van der Waals surface area contributed by atoms with Gasteiger partial charge in [-0.05, 0) is 30.5 Å². The van der Waals surface area contributed by atoms with Gasteiger partial charge < -0.3 is 19.5 Å². The van der Waals surface area contributed by atoms with E-state index < -0.39 is 5.97 Å². The molecule has 3 aromatic rings.